The number of carbonyl (C=O) groups excluding carboxylic acids is 1. The van der Waals surface area contributed by atoms with E-state index in [1.54, 1.807) is 0 Å². The molecular formula is C10H10BrNO2. The van der Waals surface area contributed by atoms with Gasteiger partial charge in [-0.15, -0.1) is 0 Å². The third-order valence-electron chi connectivity index (χ3n) is 2.10. The average Bonchev–Trinajstić information content (AvgIpc) is 2.20. The molecule has 1 amide bonds. The first kappa shape index (κ1) is 9.68. The molecule has 0 aromatic heterocycles. The van der Waals surface area contributed by atoms with E-state index in [1.807, 2.05) is 24.3 Å². The Balaban J connectivity index is 2.20. The fraction of sp³-hybridized carbons (Fsp3) is 0.300. The number of morpholine rings is 1. The van der Waals surface area contributed by atoms with Crippen LogP contribution < -0.4 is 5.32 Å². The Bertz CT molecular complexity index is 336. The van der Waals surface area contributed by atoms with Gasteiger partial charge in [-0.2, -0.15) is 0 Å². The molecule has 0 aliphatic carbocycles. The maximum absolute atomic E-state index is 11.4. The normalized spacial score (nSPS) is 21.8. The van der Waals surface area contributed by atoms with Gasteiger partial charge in [0.15, 0.2) is 6.10 Å². The second-order valence-corrected chi connectivity index (χ2v) is 4.01. The van der Waals surface area contributed by atoms with Crippen LogP contribution in [0.25, 0.3) is 0 Å². The molecular weight excluding hydrogens is 246 g/mol. The molecule has 4 heteroatoms. The van der Waals surface area contributed by atoms with Crippen molar-refractivity contribution in [2.24, 2.45) is 0 Å². The summed E-state index contributed by atoms with van der Waals surface area (Å²) in [4.78, 5) is 11.4. The number of nitrogens with one attached hydrogen (secondary N) is 1. The molecule has 1 N–H and O–H groups in total. The van der Waals surface area contributed by atoms with E-state index < -0.39 is 6.10 Å². The van der Waals surface area contributed by atoms with Crippen LogP contribution in [0, 0.1) is 0 Å². The summed E-state index contributed by atoms with van der Waals surface area (Å²) in [6, 6.07) is 7.58. The van der Waals surface area contributed by atoms with Gasteiger partial charge in [-0.05, 0) is 17.7 Å². The van der Waals surface area contributed by atoms with Gasteiger partial charge in [0.05, 0.1) is 6.61 Å². The highest BCUT2D eigenvalue weighted by atomic mass is 79.9. The summed E-state index contributed by atoms with van der Waals surface area (Å²) in [7, 11) is 0. The second-order valence-electron chi connectivity index (χ2n) is 3.09. The van der Waals surface area contributed by atoms with Crippen molar-refractivity contribution < 1.29 is 9.53 Å². The zero-order valence-electron chi connectivity index (χ0n) is 7.50. The van der Waals surface area contributed by atoms with Gasteiger partial charge in [0.25, 0.3) is 5.91 Å². The summed E-state index contributed by atoms with van der Waals surface area (Å²) in [6.07, 6.45) is -0.447. The summed E-state index contributed by atoms with van der Waals surface area (Å²) in [5.74, 6) is -0.0569. The van der Waals surface area contributed by atoms with Crippen molar-refractivity contribution in [2.75, 3.05) is 13.2 Å². The van der Waals surface area contributed by atoms with Gasteiger partial charge < -0.3 is 10.1 Å². The number of carbonyl (C=O) groups is 1. The molecule has 0 spiro atoms. The van der Waals surface area contributed by atoms with Crippen LogP contribution in [-0.4, -0.2) is 19.1 Å². The van der Waals surface area contributed by atoms with Crippen molar-refractivity contribution in [3.05, 3.63) is 34.3 Å². The van der Waals surface area contributed by atoms with E-state index in [-0.39, 0.29) is 5.91 Å². The van der Waals surface area contributed by atoms with E-state index >= 15 is 0 Å². The molecule has 0 saturated carbocycles. The molecule has 1 unspecified atom stereocenters. The molecule has 1 aliphatic rings. The van der Waals surface area contributed by atoms with Crippen molar-refractivity contribution >= 4 is 21.8 Å². The molecule has 1 saturated heterocycles. The Morgan fingerprint density at radius 1 is 1.36 bits per heavy atom. The first-order chi connectivity index (χ1) is 6.77. The van der Waals surface area contributed by atoms with Crippen molar-refractivity contribution in [3.63, 3.8) is 0 Å². The van der Waals surface area contributed by atoms with Gasteiger partial charge in [0, 0.05) is 11.0 Å². The molecule has 1 aromatic carbocycles. The Morgan fingerprint density at radius 3 is 2.71 bits per heavy atom. The second kappa shape index (κ2) is 4.11. The molecule has 0 radical (unpaired) electrons. The van der Waals surface area contributed by atoms with Crippen LogP contribution in [0.2, 0.25) is 0 Å². The van der Waals surface area contributed by atoms with E-state index in [1.165, 1.54) is 0 Å². The molecule has 74 valence electrons. The molecule has 1 aromatic rings. The van der Waals surface area contributed by atoms with Crippen LogP contribution in [0.3, 0.4) is 0 Å². The molecule has 1 heterocycles. The first-order valence-corrected chi connectivity index (χ1v) is 5.21. The number of hydrogen-bond acceptors (Lipinski definition) is 2. The summed E-state index contributed by atoms with van der Waals surface area (Å²) < 4.78 is 6.39. The maximum Gasteiger partial charge on any atom is 0.253 e. The zero-order valence-corrected chi connectivity index (χ0v) is 9.08. The molecule has 3 nitrogen and oxygen atoms in total. The average molecular weight is 256 g/mol. The van der Waals surface area contributed by atoms with Crippen LogP contribution >= 0.6 is 15.9 Å². The number of benzene rings is 1. The largest absolute Gasteiger partial charge is 0.362 e. The number of rotatable bonds is 1. The van der Waals surface area contributed by atoms with Crippen LogP contribution in [0.15, 0.2) is 28.7 Å². The first-order valence-electron chi connectivity index (χ1n) is 4.42. The lowest BCUT2D eigenvalue weighted by Crippen LogP contribution is -2.39. The number of ether oxygens (including phenoxy) is 1. The summed E-state index contributed by atoms with van der Waals surface area (Å²) in [5.41, 5.74) is 0.894. The van der Waals surface area contributed by atoms with Crippen molar-refractivity contribution in [1.82, 2.24) is 5.32 Å². The maximum atomic E-state index is 11.4. The van der Waals surface area contributed by atoms with E-state index in [2.05, 4.69) is 21.2 Å². The van der Waals surface area contributed by atoms with Gasteiger partial charge in [-0.3, -0.25) is 4.79 Å². The fourth-order valence-electron chi connectivity index (χ4n) is 1.40. The number of halogens is 1. The Labute approximate surface area is 90.6 Å². The van der Waals surface area contributed by atoms with Crippen molar-refractivity contribution in [1.29, 1.82) is 0 Å². The lowest BCUT2D eigenvalue weighted by molar-refractivity contribution is -0.138. The molecule has 1 fully saturated rings. The monoisotopic (exact) mass is 255 g/mol. The highest BCUT2D eigenvalue weighted by molar-refractivity contribution is 9.10. The zero-order chi connectivity index (χ0) is 9.97. The number of amides is 1. The SMILES string of the molecule is O=C1NCCOC1c1ccc(Br)cc1. The minimum Gasteiger partial charge on any atom is -0.362 e. The lowest BCUT2D eigenvalue weighted by Gasteiger charge is -2.22. The predicted octanol–water partition coefficient (Wildman–Crippen LogP) is 1.64. The number of hydrogen-bond donors (Lipinski definition) is 1. The van der Waals surface area contributed by atoms with Gasteiger partial charge in [-0.25, -0.2) is 0 Å². The van der Waals surface area contributed by atoms with Crippen LogP contribution in [0.4, 0.5) is 0 Å². The van der Waals surface area contributed by atoms with E-state index in [4.69, 9.17) is 4.74 Å². The molecule has 0 bridgehead atoms. The fourth-order valence-corrected chi connectivity index (χ4v) is 1.67. The summed E-state index contributed by atoms with van der Waals surface area (Å²) in [6.45, 7) is 1.18. The third-order valence-corrected chi connectivity index (χ3v) is 2.63. The molecule has 2 rings (SSSR count). The minimum absolute atomic E-state index is 0.0569. The van der Waals surface area contributed by atoms with Crippen molar-refractivity contribution in [3.8, 4) is 0 Å². The van der Waals surface area contributed by atoms with Gasteiger partial charge in [-0.1, -0.05) is 28.1 Å². The third kappa shape index (κ3) is 1.96. The summed E-state index contributed by atoms with van der Waals surface area (Å²) in [5, 5.41) is 2.77. The van der Waals surface area contributed by atoms with Crippen LogP contribution in [0.1, 0.15) is 11.7 Å². The standard InChI is InChI=1S/C10H10BrNO2/c11-8-3-1-7(2-4-8)9-10(13)12-5-6-14-9/h1-4,9H,5-6H2,(H,12,13). The Morgan fingerprint density at radius 2 is 2.07 bits per heavy atom. The van der Waals surface area contributed by atoms with E-state index in [0.29, 0.717) is 13.2 Å². The highest BCUT2D eigenvalue weighted by Gasteiger charge is 2.24. The minimum atomic E-state index is -0.447. The summed E-state index contributed by atoms with van der Waals surface area (Å²) >= 11 is 3.34. The molecule has 1 aliphatic heterocycles. The molecule has 14 heavy (non-hydrogen) atoms. The van der Waals surface area contributed by atoms with Crippen LogP contribution in [-0.2, 0) is 9.53 Å². The molecule has 1 atom stereocenters. The van der Waals surface area contributed by atoms with Crippen LogP contribution in [0.5, 0.6) is 0 Å². The topological polar surface area (TPSA) is 38.3 Å². The van der Waals surface area contributed by atoms with Gasteiger partial charge >= 0.3 is 0 Å². The lowest BCUT2D eigenvalue weighted by atomic mass is 10.1. The van der Waals surface area contributed by atoms with Gasteiger partial charge in [0.1, 0.15) is 0 Å². The predicted molar refractivity (Wildman–Crippen MR) is 55.8 cm³/mol. The smallest absolute Gasteiger partial charge is 0.253 e. The van der Waals surface area contributed by atoms with Gasteiger partial charge in [0.2, 0.25) is 0 Å². The van der Waals surface area contributed by atoms with Crippen molar-refractivity contribution in [2.45, 2.75) is 6.10 Å². The van der Waals surface area contributed by atoms with E-state index in [0.717, 1.165) is 10.0 Å². The quantitative estimate of drug-likeness (QED) is 0.829. The Hall–Kier alpha value is -0.870. The van der Waals surface area contributed by atoms with E-state index in [9.17, 15) is 4.79 Å². The Kier molecular flexibility index (Phi) is 2.84. The highest BCUT2D eigenvalue weighted by Crippen LogP contribution is 2.21.